The molecule has 0 spiro atoms. The van der Waals surface area contributed by atoms with E-state index < -0.39 is 0 Å². The van der Waals surface area contributed by atoms with Gasteiger partial charge in [-0.15, -0.1) is 0 Å². The Labute approximate surface area is 130 Å². The summed E-state index contributed by atoms with van der Waals surface area (Å²) < 4.78 is 0. The number of hydrazone groups is 1. The molecule has 0 amide bonds. The first-order chi connectivity index (χ1) is 10.4. The van der Waals surface area contributed by atoms with Crippen molar-refractivity contribution in [1.82, 2.24) is 10.5 Å². The Hall–Kier alpha value is -0.830. The van der Waals surface area contributed by atoms with Gasteiger partial charge in [0.15, 0.2) is 0 Å². The molecule has 0 aromatic rings. The highest BCUT2D eigenvalue weighted by atomic mass is 15.7. The Bertz CT molecular complexity index is 346. The summed E-state index contributed by atoms with van der Waals surface area (Å²) in [7, 11) is 2.04. The van der Waals surface area contributed by atoms with Crippen LogP contribution in [0.25, 0.3) is 0 Å². The Kier molecular flexibility index (Phi) is 7.87. The summed E-state index contributed by atoms with van der Waals surface area (Å²) in [5.41, 5.74) is 6.26. The molecule has 21 heavy (non-hydrogen) atoms. The smallest absolute Gasteiger partial charge is 0.0649 e. The van der Waals surface area contributed by atoms with Gasteiger partial charge in [0.25, 0.3) is 0 Å². The van der Waals surface area contributed by atoms with Crippen LogP contribution in [0.15, 0.2) is 16.8 Å². The largest absolute Gasteiger partial charge is 0.233 e. The standard InChI is InChI=1S/C18H33N3/c1-21-19-16-12-8-7-11-15-18(20-21)17-13-9-5-3-2-4-6-10-14-17/h13,19H,2-12,14-16H2,1H3. The first kappa shape index (κ1) is 16.5. The van der Waals surface area contributed by atoms with Gasteiger partial charge in [0.05, 0.1) is 5.71 Å². The second-order valence-corrected chi connectivity index (χ2v) is 6.53. The fourth-order valence-electron chi connectivity index (χ4n) is 3.31. The fraction of sp³-hybridized carbons (Fsp3) is 0.833. The van der Waals surface area contributed by atoms with Gasteiger partial charge in [-0.3, -0.25) is 0 Å². The third-order valence-electron chi connectivity index (χ3n) is 4.61. The molecule has 0 aromatic heterocycles. The lowest BCUT2D eigenvalue weighted by molar-refractivity contribution is 0.242. The monoisotopic (exact) mass is 291 g/mol. The van der Waals surface area contributed by atoms with E-state index in [9.17, 15) is 0 Å². The van der Waals surface area contributed by atoms with Crippen molar-refractivity contribution in [1.29, 1.82) is 0 Å². The third kappa shape index (κ3) is 6.64. The average Bonchev–Trinajstić information content (AvgIpc) is 2.51. The molecule has 3 heteroatoms. The van der Waals surface area contributed by atoms with E-state index in [1.54, 1.807) is 0 Å². The molecule has 0 saturated carbocycles. The molecule has 1 aliphatic carbocycles. The molecule has 0 bridgehead atoms. The molecule has 0 saturated heterocycles. The van der Waals surface area contributed by atoms with Gasteiger partial charge < -0.3 is 0 Å². The quantitative estimate of drug-likeness (QED) is 0.751. The van der Waals surface area contributed by atoms with E-state index >= 15 is 0 Å². The molecule has 0 atom stereocenters. The van der Waals surface area contributed by atoms with Crippen molar-refractivity contribution in [3.63, 3.8) is 0 Å². The van der Waals surface area contributed by atoms with Crippen molar-refractivity contribution < 1.29 is 0 Å². The van der Waals surface area contributed by atoms with E-state index in [0.717, 1.165) is 13.0 Å². The van der Waals surface area contributed by atoms with Gasteiger partial charge in [0.2, 0.25) is 0 Å². The second-order valence-electron chi connectivity index (χ2n) is 6.53. The van der Waals surface area contributed by atoms with Gasteiger partial charge >= 0.3 is 0 Å². The highest BCUT2D eigenvalue weighted by Crippen LogP contribution is 2.21. The fourth-order valence-corrected chi connectivity index (χ4v) is 3.31. The molecule has 0 unspecified atom stereocenters. The molecule has 1 heterocycles. The minimum absolute atomic E-state index is 1.05. The Morgan fingerprint density at radius 2 is 1.52 bits per heavy atom. The zero-order valence-electron chi connectivity index (χ0n) is 13.9. The first-order valence-electron chi connectivity index (χ1n) is 9.10. The predicted octanol–water partition coefficient (Wildman–Crippen LogP) is 4.80. The van der Waals surface area contributed by atoms with Crippen LogP contribution in [0, 0.1) is 0 Å². The molecule has 1 N–H and O–H groups in total. The summed E-state index contributed by atoms with van der Waals surface area (Å²) in [5.74, 6) is 0. The molecule has 2 rings (SSSR count). The summed E-state index contributed by atoms with van der Waals surface area (Å²) in [6, 6.07) is 0. The van der Waals surface area contributed by atoms with Gasteiger partial charge in [-0.2, -0.15) is 5.10 Å². The van der Waals surface area contributed by atoms with E-state index in [0.29, 0.717) is 0 Å². The number of hydrazine groups is 1. The second kappa shape index (κ2) is 9.99. The molecule has 3 nitrogen and oxygen atoms in total. The SMILES string of the molecule is CN1N=C(C2=CCCCCCCCC2)CCCCCCN1. The normalized spacial score (nSPS) is 24.0. The van der Waals surface area contributed by atoms with Gasteiger partial charge in [0.1, 0.15) is 0 Å². The lowest BCUT2D eigenvalue weighted by Gasteiger charge is -2.20. The number of allylic oxidation sites excluding steroid dienone is 2. The summed E-state index contributed by atoms with van der Waals surface area (Å²) in [6.07, 6.45) is 19.7. The van der Waals surface area contributed by atoms with E-state index in [2.05, 4.69) is 11.5 Å². The molecular weight excluding hydrogens is 258 g/mol. The van der Waals surface area contributed by atoms with Crippen LogP contribution in [0.2, 0.25) is 0 Å². The minimum atomic E-state index is 1.05. The van der Waals surface area contributed by atoms with Crippen molar-refractivity contribution in [2.45, 2.75) is 83.5 Å². The minimum Gasteiger partial charge on any atom is -0.233 e. The molecule has 0 radical (unpaired) electrons. The maximum Gasteiger partial charge on any atom is 0.0649 e. The van der Waals surface area contributed by atoms with Crippen LogP contribution in [0.4, 0.5) is 0 Å². The molecule has 120 valence electrons. The summed E-state index contributed by atoms with van der Waals surface area (Å²) >= 11 is 0. The van der Waals surface area contributed by atoms with Crippen molar-refractivity contribution in [2.24, 2.45) is 5.10 Å². The van der Waals surface area contributed by atoms with Crippen molar-refractivity contribution >= 4 is 5.71 Å². The predicted molar refractivity (Wildman–Crippen MR) is 91.3 cm³/mol. The highest BCUT2D eigenvalue weighted by molar-refractivity contribution is 5.99. The van der Waals surface area contributed by atoms with Crippen LogP contribution < -0.4 is 5.43 Å². The lowest BCUT2D eigenvalue weighted by atomic mass is 9.95. The number of nitrogens with one attached hydrogen (secondary N) is 1. The van der Waals surface area contributed by atoms with E-state index in [-0.39, 0.29) is 0 Å². The number of rotatable bonds is 1. The average molecular weight is 291 g/mol. The van der Waals surface area contributed by atoms with E-state index in [1.807, 2.05) is 12.2 Å². The Morgan fingerprint density at radius 3 is 2.38 bits per heavy atom. The molecule has 0 fully saturated rings. The van der Waals surface area contributed by atoms with Crippen molar-refractivity contribution in [3.8, 4) is 0 Å². The Morgan fingerprint density at radius 1 is 0.857 bits per heavy atom. The lowest BCUT2D eigenvalue weighted by Crippen LogP contribution is -2.32. The van der Waals surface area contributed by atoms with Gasteiger partial charge in [0, 0.05) is 13.6 Å². The topological polar surface area (TPSA) is 27.6 Å². The third-order valence-corrected chi connectivity index (χ3v) is 4.61. The van der Waals surface area contributed by atoms with E-state index in [4.69, 9.17) is 5.10 Å². The first-order valence-corrected chi connectivity index (χ1v) is 9.10. The van der Waals surface area contributed by atoms with Gasteiger partial charge in [-0.25, -0.2) is 10.5 Å². The molecule has 1 aliphatic heterocycles. The maximum atomic E-state index is 4.86. The molecule has 0 aromatic carbocycles. The summed E-state index contributed by atoms with van der Waals surface area (Å²) in [4.78, 5) is 0. The maximum absolute atomic E-state index is 4.86. The zero-order valence-corrected chi connectivity index (χ0v) is 13.9. The van der Waals surface area contributed by atoms with Gasteiger partial charge in [-0.05, 0) is 50.5 Å². The number of nitrogens with zero attached hydrogens (tertiary/aromatic N) is 2. The van der Waals surface area contributed by atoms with Crippen LogP contribution in [-0.2, 0) is 0 Å². The van der Waals surface area contributed by atoms with Crippen LogP contribution in [0.3, 0.4) is 0 Å². The van der Waals surface area contributed by atoms with Crippen LogP contribution in [0.1, 0.15) is 83.5 Å². The Balaban J connectivity index is 2.05. The van der Waals surface area contributed by atoms with E-state index in [1.165, 1.54) is 88.3 Å². The molecular formula is C18H33N3. The van der Waals surface area contributed by atoms with Crippen molar-refractivity contribution in [2.75, 3.05) is 13.6 Å². The highest BCUT2D eigenvalue weighted by Gasteiger charge is 2.11. The van der Waals surface area contributed by atoms with Gasteiger partial charge in [-0.1, -0.05) is 44.6 Å². The van der Waals surface area contributed by atoms with Crippen LogP contribution in [0.5, 0.6) is 0 Å². The molecule has 2 aliphatic rings. The zero-order chi connectivity index (χ0) is 14.8. The summed E-state index contributed by atoms with van der Waals surface area (Å²) in [5, 5.41) is 6.80. The van der Waals surface area contributed by atoms with Crippen LogP contribution >= 0.6 is 0 Å². The number of hydrogen-bond acceptors (Lipinski definition) is 3. The van der Waals surface area contributed by atoms with Crippen LogP contribution in [-0.4, -0.2) is 24.4 Å². The van der Waals surface area contributed by atoms with Crippen molar-refractivity contribution in [3.05, 3.63) is 11.6 Å². The number of hydrogen-bond donors (Lipinski definition) is 1. The summed E-state index contributed by atoms with van der Waals surface area (Å²) in [6.45, 7) is 1.05.